The number of carbonyl (C=O) groups is 2. The van der Waals surface area contributed by atoms with Crippen molar-refractivity contribution in [1.82, 2.24) is 0 Å². The molecule has 0 atom stereocenters. The van der Waals surface area contributed by atoms with Crippen molar-refractivity contribution in [2.24, 2.45) is 5.11 Å². The third kappa shape index (κ3) is 2.42. The molecule has 0 fully saturated rings. The number of aromatic hydroxyl groups is 2. The maximum atomic E-state index is 13.0. The minimum absolute atomic E-state index is 0.0808. The fraction of sp³-hybridized carbons (Fsp3) is 0.0476. The predicted octanol–water partition coefficient (Wildman–Crippen LogP) is 4.31. The average Bonchev–Trinajstić information content (AvgIpc) is 3.01. The van der Waals surface area contributed by atoms with Crippen LogP contribution in [-0.2, 0) is 10.3 Å². The number of carboxylic acids is 1. The van der Waals surface area contributed by atoms with Crippen LogP contribution in [0.1, 0.15) is 37.4 Å². The van der Waals surface area contributed by atoms with Gasteiger partial charge in [0.2, 0.25) is 0 Å². The number of carboxylic acid groups (broad SMARTS) is 1. The molecule has 31 heavy (non-hydrogen) atoms. The van der Waals surface area contributed by atoms with E-state index in [1.54, 1.807) is 0 Å². The van der Waals surface area contributed by atoms with Gasteiger partial charge in [-0.05, 0) is 41.9 Å². The summed E-state index contributed by atoms with van der Waals surface area (Å²) in [6.07, 6.45) is 0. The smallest absolute Gasteiger partial charge is 0.340 e. The molecule has 0 amide bonds. The molecule has 0 radical (unpaired) electrons. The van der Waals surface area contributed by atoms with Crippen molar-refractivity contribution in [1.29, 1.82) is 0 Å². The van der Waals surface area contributed by atoms with Gasteiger partial charge in [0.1, 0.15) is 23.0 Å². The molecule has 2 aliphatic heterocycles. The van der Waals surface area contributed by atoms with Crippen LogP contribution in [0.2, 0.25) is 0 Å². The second-order valence-electron chi connectivity index (χ2n) is 6.95. The second kappa shape index (κ2) is 6.15. The van der Waals surface area contributed by atoms with Gasteiger partial charge in [-0.3, -0.25) is 0 Å². The number of ether oxygens (including phenoxy) is 2. The molecule has 152 valence electrons. The zero-order chi connectivity index (χ0) is 21.9. The number of phenolic OH excluding ortho intramolecular Hbond substituents is 2. The van der Waals surface area contributed by atoms with Crippen LogP contribution in [0.25, 0.3) is 10.4 Å². The van der Waals surface area contributed by atoms with Crippen LogP contribution in [0, 0.1) is 0 Å². The summed E-state index contributed by atoms with van der Waals surface area (Å²) in [4.78, 5) is 27.4. The zero-order valence-corrected chi connectivity index (χ0v) is 15.4. The molecular formula is C21H11N3O7. The number of hydrogen-bond acceptors (Lipinski definition) is 7. The fourth-order valence-electron chi connectivity index (χ4n) is 4.05. The van der Waals surface area contributed by atoms with Crippen molar-refractivity contribution in [3.05, 3.63) is 86.8 Å². The first kappa shape index (κ1) is 18.3. The number of hydrogen-bond donors (Lipinski definition) is 3. The number of esters is 1. The Labute approximate surface area is 173 Å². The highest BCUT2D eigenvalue weighted by Crippen LogP contribution is 2.58. The monoisotopic (exact) mass is 417 g/mol. The summed E-state index contributed by atoms with van der Waals surface area (Å²) in [5.74, 6) is -2.06. The van der Waals surface area contributed by atoms with Gasteiger partial charge in [0.15, 0.2) is 5.60 Å². The Bertz CT molecular complexity index is 1320. The molecule has 0 unspecified atom stereocenters. The number of carbonyl (C=O) groups excluding carboxylic acids is 1. The highest BCUT2D eigenvalue weighted by molar-refractivity contribution is 6.04. The number of azide groups is 1. The molecule has 1 spiro atoms. The first-order chi connectivity index (χ1) is 14.8. The highest BCUT2D eigenvalue weighted by atomic mass is 16.6. The SMILES string of the molecule is [N-]=[N+]=Nc1cc(C(=O)O)cc2c1C(=O)OC21c2ccc(O)cc2Oc2cc(O)ccc21. The zero-order valence-electron chi connectivity index (χ0n) is 15.4. The van der Waals surface area contributed by atoms with Crippen LogP contribution in [0.15, 0.2) is 53.6 Å². The lowest BCUT2D eigenvalue weighted by atomic mass is 9.77. The van der Waals surface area contributed by atoms with E-state index in [0.717, 1.165) is 6.07 Å². The summed E-state index contributed by atoms with van der Waals surface area (Å²) in [5.41, 5.74) is 7.58. The van der Waals surface area contributed by atoms with Crippen molar-refractivity contribution in [2.45, 2.75) is 5.60 Å². The van der Waals surface area contributed by atoms with Gasteiger partial charge in [-0.2, -0.15) is 0 Å². The maximum absolute atomic E-state index is 13.0. The predicted molar refractivity (Wildman–Crippen MR) is 104 cm³/mol. The minimum atomic E-state index is -1.65. The molecule has 3 N–H and O–H groups in total. The lowest BCUT2D eigenvalue weighted by Gasteiger charge is -2.36. The van der Waals surface area contributed by atoms with Gasteiger partial charge < -0.3 is 24.8 Å². The van der Waals surface area contributed by atoms with Crippen LogP contribution in [0.4, 0.5) is 5.69 Å². The molecule has 10 heteroatoms. The average molecular weight is 417 g/mol. The van der Waals surface area contributed by atoms with Gasteiger partial charge in [-0.15, -0.1) is 0 Å². The molecule has 2 heterocycles. The van der Waals surface area contributed by atoms with E-state index < -0.39 is 17.5 Å². The normalized spacial score (nSPS) is 14.5. The lowest BCUT2D eigenvalue weighted by Crippen LogP contribution is -2.33. The topological polar surface area (TPSA) is 162 Å². The van der Waals surface area contributed by atoms with E-state index in [-0.39, 0.29) is 45.4 Å². The lowest BCUT2D eigenvalue weighted by molar-refractivity contribution is 0.0224. The molecule has 0 aromatic heterocycles. The van der Waals surface area contributed by atoms with Gasteiger partial charge in [0.05, 0.1) is 16.8 Å². The van der Waals surface area contributed by atoms with Crippen LogP contribution in [-0.4, -0.2) is 27.3 Å². The summed E-state index contributed by atoms with van der Waals surface area (Å²) in [6, 6.07) is 10.7. The Hall–Kier alpha value is -4.69. The van der Waals surface area contributed by atoms with E-state index in [1.165, 1.54) is 42.5 Å². The third-order valence-electron chi connectivity index (χ3n) is 5.26. The van der Waals surface area contributed by atoms with Crippen molar-refractivity contribution in [2.75, 3.05) is 0 Å². The van der Waals surface area contributed by atoms with Crippen molar-refractivity contribution >= 4 is 17.6 Å². The van der Waals surface area contributed by atoms with E-state index in [9.17, 15) is 24.9 Å². The quantitative estimate of drug-likeness (QED) is 0.242. The molecule has 0 aliphatic carbocycles. The summed E-state index contributed by atoms with van der Waals surface area (Å²) in [6.45, 7) is 0. The van der Waals surface area contributed by atoms with Crippen LogP contribution < -0.4 is 4.74 Å². The first-order valence-corrected chi connectivity index (χ1v) is 8.90. The van der Waals surface area contributed by atoms with Crippen LogP contribution in [0.5, 0.6) is 23.0 Å². The Morgan fingerprint density at radius 1 is 0.968 bits per heavy atom. The van der Waals surface area contributed by atoms with Crippen molar-refractivity contribution in [3.63, 3.8) is 0 Å². The summed E-state index contributed by atoms with van der Waals surface area (Å²) in [7, 11) is 0. The maximum Gasteiger partial charge on any atom is 0.340 e. The van der Waals surface area contributed by atoms with Crippen molar-refractivity contribution < 1.29 is 34.4 Å². The number of benzene rings is 3. The minimum Gasteiger partial charge on any atom is -0.508 e. The molecule has 5 rings (SSSR count). The van der Waals surface area contributed by atoms with Gasteiger partial charge in [-0.25, -0.2) is 9.59 Å². The van der Waals surface area contributed by atoms with Gasteiger partial charge in [0, 0.05) is 33.7 Å². The van der Waals surface area contributed by atoms with Crippen LogP contribution >= 0.6 is 0 Å². The molecule has 10 nitrogen and oxygen atoms in total. The third-order valence-corrected chi connectivity index (χ3v) is 5.26. The molecule has 0 bridgehead atoms. The molecule has 2 aliphatic rings. The van der Waals surface area contributed by atoms with Crippen molar-refractivity contribution in [3.8, 4) is 23.0 Å². The summed E-state index contributed by atoms with van der Waals surface area (Å²) < 4.78 is 11.7. The molecule has 3 aromatic rings. The Morgan fingerprint density at radius 2 is 1.58 bits per heavy atom. The van der Waals surface area contributed by atoms with E-state index >= 15 is 0 Å². The standard InChI is InChI=1S/C21H11N3O7/c22-24-23-15-6-9(19(27)28)5-14-18(15)20(29)31-21(14)12-3-1-10(25)7-16(12)30-17-8-11(26)2-4-13(17)21/h1-8,25-26H,(H,27,28). The number of aromatic carboxylic acids is 1. The number of nitrogens with zero attached hydrogens (tertiary/aromatic N) is 3. The molecule has 3 aromatic carbocycles. The largest absolute Gasteiger partial charge is 0.508 e. The molecule has 0 saturated heterocycles. The summed E-state index contributed by atoms with van der Waals surface area (Å²) >= 11 is 0. The number of phenols is 2. The van der Waals surface area contributed by atoms with E-state index in [2.05, 4.69) is 10.0 Å². The van der Waals surface area contributed by atoms with E-state index in [1.807, 2.05) is 0 Å². The first-order valence-electron chi connectivity index (χ1n) is 8.90. The molecule has 0 saturated carbocycles. The second-order valence-corrected chi connectivity index (χ2v) is 6.95. The Balaban J connectivity index is 1.94. The summed E-state index contributed by atoms with van der Waals surface area (Å²) in [5, 5.41) is 32.9. The van der Waals surface area contributed by atoms with E-state index in [4.69, 9.17) is 15.0 Å². The van der Waals surface area contributed by atoms with Gasteiger partial charge >= 0.3 is 11.9 Å². The van der Waals surface area contributed by atoms with Crippen LogP contribution in [0.3, 0.4) is 0 Å². The van der Waals surface area contributed by atoms with Gasteiger partial charge in [0.25, 0.3) is 0 Å². The van der Waals surface area contributed by atoms with Gasteiger partial charge in [-0.1, -0.05) is 5.11 Å². The van der Waals surface area contributed by atoms with E-state index in [0.29, 0.717) is 11.1 Å². The number of fused-ring (bicyclic) bond motifs is 6. The highest BCUT2D eigenvalue weighted by Gasteiger charge is 2.54. The Kier molecular flexibility index (Phi) is 3.64. The fourth-order valence-corrected chi connectivity index (χ4v) is 4.05. The Morgan fingerprint density at radius 3 is 2.13 bits per heavy atom. The molecular weight excluding hydrogens is 406 g/mol. The number of rotatable bonds is 2.